The Labute approximate surface area is 135 Å². The second kappa shape index (κ2) is 7.21. The van der Waals surface area contributed by atoms with Crippen LogP contribution >= 0.6 is 23.2 Å². The highest BCUT2D eigenvalue weighted by Crippen LogP contribution is 2.30. The van der Waals surface area contributed by atoms with Crippen LogP contribution in [0.2, 0.25) is 10.0 Å². The van der Waals surface area contributed by atoms with Gasteiger partial charge in [0.2, 0.25) is 0 Å². The molecule has 1 aromatic carbocycles. The monoisotopic (exact) mass is 323 g/mol. The van der Waals surface area contributed by atoms with E-state index < -0.39 is 0 Å². The molecule has 0 amide bonds. The number of benzene rings is 1. The molecule has 0 radical (unpaired) electrons. The molecule has 1 N–H and O–H groups in total. The summed E-state index contributed by atoms with van der Waals surface area (Å²) in [5, 5.41) is 13.0. The predicted octanol–water partition coefficient (Wildman–Crippen LogP) is 4.49. The van der Waals surface area contributed by atoms with Gasteiger partial charge in [0.15, 0.2) is 0 Å². The van der Waals surface area contributed by atoms with Crippen LogP contribution in [0.4, 0.5) is 0 Å². The second-order valence-electron chi connectivity index (χ2n) is 5.09. The molecule has 1 aromatic heterocycles. The molecule has 2 aromatic rings. The Morgan fingerprint density at radius 1 is 1.10 bits per heavy atom. The van der Waals surface area contributed by atoms with E-state index in [0.29, 0.717) is 10.0 Å². The van der Waals surface area contributed by atoms with Gasteiger partial charge in [0.05, 0.1) is 27.5 Å². The molecule has 0 fully saturated rings. The molecule has 2 rings (SSSR count). The maximum absolute atomic E-state index is 6.16. The van der Waals surface area contributed by atoms with Crippen LogP contribution in [0.3, 0.4) is 0 Å². The van der Waals surface area contributed by atoms with Crippen LogP contribution in [0.1, 0.15) is 41.9 Å². The van der Waals surface area contributed by atoms with Crippen LogP contribution in [-0.4, -0.2) is 16.7 Å². The smallest absolute Gasteiger partial charge is 0.0651 e. The molecule has 21 heavy (non-hydrogen) atoms. The lowest BCUT2D eigenvalue weighted by Gasteiger charge is -2.21. The Morgan fingerprint density at radius 3 is 2.52 bits per heavy atom. The zero-order valence-corrected chi connectivity index (χ0v) is 14.0. The largest absolute Gasteiger partial charge is 0.306 e. The summed E-state index contributed by atoms with van der Waals surface area (Å²) in [7, 11) is 0. The maximum atomic E-state index is 6.16. The Bertz CT molecular complexity index is 629. The number of halogens is 2. The Kier molecular flexibility index (Phi) is 5.57. The molecule has 1 atom stereocenters. The van der Waals surface area contributed by atoms with E-state index in [1.54, 1.807) is 0 Å². The number of rotatable bonds is 5. The van der Waals surface area contributed by atoms with E-state index in [0.717, 1.165) is 35.5 Å². The van der Waals surface area contributed by atoms with Gasteiger partial charge in [0, 0.05) is 0 Å². The first-order valence-electron chi connectivity index (χ1n) is 7.02. The SMILES string of the molecule is CCCNC(c1ccc(Cl)c(Cl)c1)c1cc(C)nnc1C. The van der Waals surface area contributed by atoms with Crippen molar-refractivity contribution in [2.45, 2.75) is 33.2 Å². The van der Waals surface area contributed by atoms with Crippen molar-refractivity contribution in [1.82, 2.24) is 15.5 Å². The number of hydrogen-bond acceptors (Lipinski definition) is 3. The number of nitrogens with zero attached hydrogens (tertiary/aromatic N) is 2. The lowest BCUT2D eigenvalue weighted by molar-refractivity contribution is 0.591. The highest BCUT2D eigenvalue weighted by Gasteiger charge is 2.18. The van der Waals surface area contributed by atoms with Gasteiger partial charge in [-0.05, 0) is 56.1 Å². The lowest BCUT2D eigenvalue weighted by atomic mass is 9.97. The van der Waals surface area contributed by atoms with Crippen LogP contribution in [0.5, 0.6) is 0 Å². The highest BCUT2D eigenvalue weighted by molar-refractivity contribution is 6.42. The molecule has 0 aliphatic carbocycles. The van der Waals surface area contributed by atoms with Gasteiger partial charge < -0.3 is 5.32 Å². The summed E-state index contributed by atoms with van der Waals surface area (Å²) < 4.78 is 0. The van der Waals surface area contributed by atoms with E-state index in [4.69, 9.17) is 23.2 Å². The van der Waals surface area contributed by atoms with E-state index in [2.05, 4.69) is 28.5 Å². The molecular weight excluding hydrogens is 305 g/mol. The van der Waals surface area contributed by atoms with Crippen molar-refractivity contribution < 1.29 is 0 Å². The Morgan fingerprint density at radius 2 is 1.86 bits per heavy atom. The van der Waals surface area contributed by atoms with Gasteiger partial charge in [-0.3, -0.25) is 0 Å². The maximum Gasteiger partial charge on any atom is 0.0651 e. The third kappa shape index (κ3) is 3.94. The van der Waals surface area contributed by atoms with Crippen molar-refractivity contribution in [2.24, 2.45) is 0 Å². The van der Waals surface area contributed by atoms with E-state index >= 15 is 0 Å². The van der Waals surface area contributed by atoms with Crippen molar-refractivity contribution in [3.63, 3.8) is 0 Å². The zero-order valence-electron chi connectivity index (χ0n) is 12.5. The lowest BCUT2D eigenvalue weighted by Crippen LogP contribution is -2.24. The van der Waals surface area contributed by atoms with Crippen LogP contribution in [0.15, 0.2) is 24.3 Å². The molecule has 112 valence electrons. The van der Waals surface area contributed by atoms with Crippen LogP contribution < -0.4 is 5.32 Å². The molecule has 5 heteroatoms. The fourth-order valence-corrected chi connectivity index (χ4v) is 2.56. The van der Waals surface area contributed by atoms with E-state index in [9.17, 15) is 0 Å². The minimum Gasteiger partial charge on any atom is -0.306 e. The predicted molar refractivity (Wildman–Crippen MR) is 88.1 cm³/mol. The van der Waals surface area contributed by atoms with Crippen molar-refractivity contribution in [2.75, 3.05) is 6.54 Å². The summed E-state index contributed by atoms with van der Waals surface area (Å²) in [6, 6.07) is 7.84. The molecule has 0 spiro atoms. The van der Waals surface area contributed by atoms with Gasteiger partial charge in [-0.25, -0.2) is 0 Å². The van der Waals surface area contributed by atoms with E-state index in [1.807, 2.05) is 32.0 Å². The van der Waals surface area contributed by atoms with E-state index in [1.165, 1.54) is 0 Å². The van der Waals surface area contributed by atoms with Gasteiger partial charge in [-0.1, -0.05) is 36.2 Å². The fraction of sp³-hybridized carbons (Fsp3) is 0.375. The fourth-order valence-electron chi connectivity index (χ4n) is 2.25. The van der Waals surface area contributed by atoms with Crippen LogP contribution in [-0.2, 0) is 0 Å². The third-order valence-electron chi connectivity index (χ3n) is 3.33. The van der Waals surface area contributed by atoms with Crippen LogP contribution in [0.25, 0.3) is 0 Å². The Balaban J connectivity index is 2.46. The molecule has 3 nitrogen and oxygen atoms in total. The first kappa shape index (κ1) is 16.2. The average molecular weight is 324 g/mol. The summed E-state index contributed by atoms with van der Waals surface area (Å²) >= 11 is 12.2. The highest BCUT2D eigenvalue weighted by atomic mass is 35.5. The minimum atomic E-state index is 0.0360. The number of nitrogens with one attached hydrogen (secondary N) is 1. The topological polar surface area (TPSA) is 37.8 Å². The summed E-state index contributed by atoms with van der Waals surface area (Å²) in [6.45, 7) is 6.97. The summed E-state index contributed by atoms with van der Waals surface area (Å²) in [4.78, 5) is 0. The van der Waals surface area contributed by atoms with Gasteiger partial charge in [-0.15, -0.1) is 0 Å². The summed E-state index contributed by atoms with van der Waals surface area (Å²) in [5.74, 6) is 0. The first-order valence-corrected chi connectivity index (χ1v) is 7.77. The molecule has 0 bridgehead atoms. The standard InChI is InChI=1S/C16H19Cl2N3/c1-4-7-19-16(12-5-6-14(17)15(18)9-12)13-8-10(2)20-21-11(13)3/h5-6,8-9,16,19H,4,7H2,1-3H3. The zero-order chi connectivity index (χ0) is 15.4. The molecule has 1 unspecified atom stereocenters. The molecular formula is C16H19Cl2N3. The molecule has 0 saturated heterocycles. The first-order chi connectivity index (χ1) is 10.0. The molecule has 0 aliphatic heterocycles. The Hall–Kier alpha value is -1.16. The van der Waals surface area contributed by atoms with Crippen molar-refractivity contribution >= 4 is 23.2 Å². The van der Waals surface area contributed by atoms with Gasteiger partial charge >= 0.3 is 0 Å². The normalized spacial score (nSPS) is 12.4. The third-order valence-corrected chi connectivity index (χ3v) is 4.07. The van der Waals surface area contributed by atoms with Gasteiger partial charge in [-0.2, -0.15) is 10.2 Å². The van der Waals surface area contributed by atoms with Gasteiger partial charge in [0.1, 0.15) is 0 Å². The van der Waals surface area contributed by atoms with Crippen molar-refractivity contribution in [3.05, 3.63) is 56.8 Å². The quantitative estimate of drug-likeness (QED) is 0.880. The van der Waals surface area contributed by atoms with Crippen LogP contribution in [0, 0.1) is 13.8 Å². The molecule has 0 aliphatic rings. The summed E-state index contributed by atoms with van der Waals surface area (Å²) in [5.41, 5.74) is 4.02. The second-order valence-corrected chi connectivity index (χ2v) is 5.90. The number of aryl methyl sites for hydroxylation is 2. The molecule has 1 heterocycles. The number of hydrogen-bond donors (Lipinski definition) is 1. The van der Waals surface area contributed by atoms with Crippen molar-refractivity contribution in [3.8, 4) is 0 Å². The van der Waals surface area contributed by atoms with Crippen molar-refractivity contribution in [1.29, 1.82) is 0 Å². The summed E-state index contributed by atoms with van der Waals surface area (Å²) in [6.07, 6.45) is 1.05. The average Bonchev–Trinajstić information content (AvgIpc) is 2.46. The molecule has 0 saturated carbocycles. The van der Waals surface area contributed by atoms with E-state index in [-0.39, 0.29) is 6.04 Å². The minimum absolute atomic E-state index is 0.0360. The number of aromatic nitrogens is 2. The van der Waals surface area contributed by atoms with Gasteiger partial charge in [0.25, 0.3) is 0 Å².